The minimum atomic E-state index is -0.700. The SMILES string of the molecule is Cc1nn(Cc2ccc(-n3ncn(Cc4c(F)cccc4F)c3=O)cc2)cc1Br. The summed E-state index contributed by atoms with van der Waals surface area (Å²) in [5.74, 6) is -1.40. The molecule has 0 radical (unpaired) electrons. The molecule has 0 fully saturated rings. The second-order valence-electron chi connectivity index (χ2n) is 6.58. The highest BCUT2D eigenvalue weighted by atomic mass is 79.9. The third-order valence-corrected chi connectivity index (χ3v) is 5.31. The summed E-state index contributed by atoms with van der Waals surface area (Å²) in [7, 11) is 0. The molecule has 0 bridgehead atoms. The highest BCUT2D eigenvalue weighted by molar-refractivity contribution is 9.10. The first-order valence-corrected chi connectivity index (χ1v) is 9.58. The predicted octanol–water partition coefficient (Wildman–Crippen LogP) is 3.68. The highest BCUT2D eigenvalue weighted by Gasteiger charge is 2.13. The van der Waals surface area contributed by atoms with E-state index >= 15 is 0 Å². The molecule has 2 aromatic heterocycles. The molecule has 6 nitrogen and oxygen atoms in total. The molecule has 2 heterocycles. The molecule has 9 heteroatoms. The zero-order valence-electron chi connectivity index (χ0n) is 15.4. The lowest BCUT2D eigenvalue weighted by Gasteiger charge is -2.05. The van der Waals surface area contributed by atoms with E-state index in [0.717, 1.165) is 27.9 Å². The van der Waals surface area contributed by atoms with E-state index in [-0.39, 0.29) is 12.1 Å². The van der Waals surface area contributed by atoms with Gasteiger partial charge in [0.15, 0.2) is 0 Å². The van der Waals surface area contributed by atoms with Crippen molar-refractivity contribution in [1.82, 2.24) is 24.1 Å². The molecule has 0 N–H and O–H groups in total. The zero-order valence-corrected chi connectivity index (χ0v) is 17.0. The van der Waals surface area contributed by atoms with E-state index in [0.29, 0.717) is 12.2 Å². The maximum absolute atomic E-state index is 13.9. The molecule has 0 aliphatic carbocycles. The van der Waals surface area contributed by atoms with Crippen molar-refractivity contribution >= 4 is 15.9 Å². The number of halogens is 3. The van der Waals surface area contributed by atoms with Crippen LogP contribution in [0.1, 0.15) is 16.8 Å². The average Bonchev–Trinajstić information content (AvgIpc) is 3.21. The monoisotopic (exact) mass is 459 g/mol. The third-order valence-electron chi connectivity index (χ3n) is 4.54. The fourth-order valence-electron chi connectivity index (χ4n) is 2.98. The Morgan fingerprint density at radius 1 is 1.03 bits per heavy atom. The quantitative estimate of drug-likeness (QED) is 0.457. The van der Waals surface area contributed by atoms with Crippen LogP contribution in [0.2, 0.25) is 0 Å². The molecular weight excluding hydrogens is 444 g/mol. The molecule has 0 amide bonds. The van der Waals surface area contributed by atoms with Crippen molar-refractivity contribution < 1.29 is 8.78 Å². The summed E-state index contributed by atoms with van der Waals surface area (Å²) in [4.78, 5) is 12.6. The van der Waals surface area contributed by atoms with Crippen molar-refractivity contribution in [2.75, 3.05) is 0 Å². The molecule has 0 saturated heterocycles. The Kier molecular flexibility index (Phi) is 5.14. The lowest BCUT2D eigenvalue weighted by molar-refractivity contribution is 0.541. The molecule has 148 valence electrons. The molecule has 0 unspecified atom stereocenters. The summed E-state index contributed by atoms with van der Waals surface area (Å²) >= 11 is 3.44. The van der Waals surface area contributed by atoms with Gasteiger partial charge in [0, 0.05) is 11.8 Å². The second kappa shape index (κ2) is 7.75. The Labute approximate surface area is 173 Å². The van der Waals surface area contributed by atoms with Crippen molar-refractivity contribution in [1.29, 1.82) is 0 Å². The van der Waals surface area contributed by atoms with Crippen LogP contribution in [-0.4, -0.2) is 24.1 Å². The lowest BCUT2D eigenvalue weighted by atomic mass is 10.2. The first-order valence-electron chi connectivity index (χ1n) is 8.78. The van der Waals surface area contributed by atoms with Gasteiger partial charge < -0.3 is 0 Å². The van der Waals surface area contributed by atoms with Gasteiger partial charge >= 0.3 is 5.69 Å². The van der Waals surface area contributed by atoms with E-state index in [2.05, 4.69) is 26.1 Å². The third kappa shape index (κ3) is 3.91. The van der Waals surface area contributed by atoms with Crippen LogP contribution >= 0.6 is 15.9 Å². The highest BCUT2D eigenvalue weighted by Crippen LogP contribution is 2.16. The van der Waals surface area contributed by atoms with Gasteiger partial charge in [0.05, 0.1) is 28.9 Å². The van der Waals surface area contributed by atoms with Gasteiger partial charge in [-0.15, -0.1) is 0 Å². The number of hydrogen-bond acceptors (Lipinski definition) is 3. The van der Waals surface area contributed by atoms with Crippen LogP contribution in [0.3, 0.4) is 0 Å². The smallest absolute Gasteiger partial charge is 0.276 e. The molecule has 29 heavy (non-hydrogen) atoms. The second-order valence-corrected chi connectivity index (χ2v) is 7.43. The largest absolute Gasteiger partial charge is 0.350 e. The number of nitrogens with zero attached hydrogens (tertiary/aromatic N) is 5. The van der Waals surface area contributed by atoms with Crippen LogP contribution in [0.5, 0.6) is 0 Å². The zero-order chi connectivity index (χ0) is 20.5. The first kappa shape index (κ1) is 19.3. The average molecular weight is 460 g/mol. The number of rotatable bonds is 5. The van der Waals surface area contributed by atoms with E-state index in [9.17, 15) is 13.6 Å². The molecule has 4 rings (SSSR count). The van der Waals surface area contributed by atoms with Crippen LogP contribution in [0.15, 0.2) is 64.3 Å². The summed E-state index contributed by atoms with van der Waals surface area (Å²) in [5.41, 5.74) is 1.82. The van der Waals surface area contributed by atoms with E-state index in [1.807, 2.05) is 29.9 Å². The number of hydrogen-bond donors (Lipinski definition) is 0. The normalized spacial score (nSPS) is 11.2. The minimum absolute atomic E-state index is 0.176. The van der Waals surface area contributed by atoms with Crippen LogP contribution < -0.4 is 5.69 Å². The van der Waals surface area contributed by atoms with Crippen LogP contribution in [-0.2, 0) is 13.1 Å². The Balaban J connectivity index is 1.55. The van der Waals surface area contributed by atoms with Gasteiger partial charge in [-0.2, -0.15) is 14.9 Å². The fourth-order valence-corrected chi connectivity index (χ4v) is 3.29. The molecule has 4 aromatic rings. The molecule has 0 atom stereocenters. The molecule has 0 aliphatic heterocycles. The number of aromatic nitrogens is 5. The molecule has 0 aliphatic rings. The van der Waals surface area contributed by atoms with Gasteiger partial charge in [-0.05, 0) is 52.7 Å². The molecule has 2 aromatic carbocycles. The molecule has 0 spiro atoms. The number of aryl methyl sites for hydroxylation is 1. The van der Waals surface area contributed by atoms with Crippen molar-refractivity contribution in [3.8, 4) is 5.69 Å². The van der Waals surface area contributed by atoms with E-state index in [1.54, 1.807) is 12.1 Å². The fraction of sp³-hybridized carbons (Fsp3) is 0.150. The maximum atomic E-state index is 13.9. The van der Waals surface area contributed by atoms with Crippen LogP contribution in [0, 0.1) is 18.6 Å². The van der Waals surface area contributed by atoms with Gasteiger partial charge in [-0.3, -0.25) is 9.25 Å². The molecular formula is C20H16BrF2N5O. The summed E-state index contributed by atoms with van der Waals surface area (Å²) in [6.45, 7) is 2.27. The maximum Gasteiger partial charge on any atom is 0.350 e. The van der Waals surface area contributed by atoms with E-state index in [1.165, 1.54) is 21.6 Å². The van der Waals surface area contributed by atoms with Gasteiger partial charge in [0.25, 0.3) is 0 Å². The van der Waals surface area contributed by atoms with Gasteiger partial charge in [0.1, 0.15) is 18.0 Å². The summed E-state index contributed by atoms with van der Waals surface area (Å²) in [6.07, 6.45) is 3.17. The van der Waals surface area contributed by atoms with Crippen molar-refractivity contribution in [3.63, 3.8) is 0 Å². The summed E-state index contributed by atoms with van der Waals surface area (Å²) < 4.78 is 32.8. The van der Waals surface area contributed by atoms with Gasteiger partial charge in [-0.1, -0.05) is 18.2 Å². The summed E-state index contributed by atoms with van der Waals surface area (Å²) in [5, 5.41) is 8.46. The first-order chi connectivity index (χ1) is 13.9. The Morgan fingerprint density at radius 2 is 1.72 bits per heavy atom. The van der Waals surface area contributed by atoms with Crippen molar-refractivity contribution in [3.05, 3.63) is 98.4 Å². The predicted molar refractivity (Wildman–Crippen MR) is 107 cm³/mol. The Hall–Kier alpha value is -3.07. The number of benzene rings is 2. The topological polar surface area (TPSA) is 57.6 Å². The molecule has 0 saturated carbocycles. The van der Waals surface area contributed by atoms with Crippen LogP contribution in [0.25, 0.3) is 5.69 Å². The van der Waals surface area contributed by atoms with E-state index < -0.39 is 17.3 Å². The summed E-state index contributed by atoms with van der Waals surface area (Å²) in [6, 6.07) is 10.9. The van der Waals surface area contributed by atoms with Crippen LogP contribution in [0.4, 0.5) is 8.78 Å². The van der Waals surface area contributed by atoms with Gasteiger partial charge in [-0.25, -0.2) is 13.6 Å². The Bertz CT molecular complexity index is 1190. The van der Waals surface area contributed by atoms with E-state index in [4.69, 9.17) is 0 Å². The van der Waals surface area contributed by atoms with Crippen molar-refractivity contribution in [2.24, 2.45) is 0 Å². The minimum Gasteiger partial charge on any atom is -0.276 e. The lowest BCUT2D eigenvalue weighted by Crippen LogP contribution is -2.24. The van der Waals surface area contributed by atoms with Crippen molar-refractivity contribution in [2.45, 2.75) is 20.0 Å². The Morgan fingerprint density at radius 3 is 2.34 bits per heavy atom. The van der Waals surface area contributed by atoms with Gasteiger partial charge in [0.2, 0.25) is 0 Å². The standard InChI is InChI=1S/C20H16BrF2N5O/c1-13-17(21)11-27(25-13)9-14-5-7-15(8-6-14)28-20(29)26(12-24-28)10-16-18(22)3-2-4-19(16)23/h2-8,11-12H,9-10H2,1H3.